The monoisotopic (exact) mass is 1640 g/mol. The second-order valence-electron chi connectivity index (χ2n) is 26.8. The second-order valence-corrected chi connectivity index (χ2v) is 30.6. The highest BCUT2D eigenvalue weighted by Gasteiger charge is 2.56. The van der Waals surface area contributed by atoms with Crippen molar-refractivity contribution in [2.45, 2.75) is 122 Å². The molecule has 6 aliphatic heterocycles. The molecule has 4 saturated heterocycles. The standard InChI is InChI=1S/C42H50N10O10S2.C24H26N10O5S2.HI/c1-9-60-47-29(32-45-38(64-48-32)46-39(56)61-41(2,3)4)34(53)44-30-35(54)52-31(37(55)59-21-24-12-14-27(58-8)15-13-24)26(22-63-36(30)52)20-49-16-10-11-28-33(49)43-23-51(28)19-25-17-50(18-25)40(57)62-42(5,6)7;1-2-39-30-15(18-29-24(25)41-31-18)20(35)28-16-21(36)34-17(23(37)38)13(10-40-22(16)34)9-32-5-3-4-14-19(32)27-11-33(14)8-12-6-26-7-12;/h10-16,23,25,30,36H,9,17-22H2,1-8H3,(H-,44,45,46,48,53,56);3-5,11-12,16,22,26H,2,6-10H2,1H3,(H3-,25,28,29,31,35,37,38);1H/b47-29-;30-15-;. The molecule has 6 aliphatic rings. The first-order chi connectivity index (χ1) is 50.3. The third-order valence-electron chi connectivity index (χ3n) is 16.9. The van der Waals surface area contributed by atoms with Crippen LogP contribution in [0.1, 0.15) is 72.6 Å². The summed E-state index contributed by atoms with van der Waals surface area (Å²) < 4.78 is 38.0. The van der Waals surface area contributed by atoms with Gasteiger partial charge in [-0.1, -0.05) is 22.4 Å². The molecule has 13 rings (SSSR count). The number of halogens is 1. The number of aromatic nitrogens is 10. The first kappa shape index (κ1) is 77.4. The Morgan fingerprint density at radius 1 is 0.708 bits per heavy atom. The van der Waals surface area contributed by atoms with Crippen LogP contribution in [-0.2, 0) is 85.4 Å². The minimum absolute atomic E-state index is 0. The minimum Gasteiger partial charge on any atom is -1.00 e. The number of β-lactam (4-membered cyclic amide) rings is 2. The number of pyridine rings is 2. The number of nitrogens with two attached hydrogens (primary N) is 1. The van der Waals surface area contributed by atoms with Crippen LogP contribution in [0.15, 0.2) is 106 Å². The molecule has 1 aromatic carbocycles. The Kier molecular flexibility index (Phi) is 24.1. The molecule has 562 valence electrons. The molecule has 0 spiro atoms. The van der Waals surface area contributed by atoms with Crippen molar-refractivity contribution < 1.29 is 105 Å². The SMILES string of the molecule is CCO/N=C(\C(=O)NC1C(=O)N2C(C(=O)OCc3ccc(OC)cc3)=C(C[n+]3cccc4c3ncn4CC3CN(C(=O)OC(C)(C)C)C3)CSC12)c1nsc(NC(=O)OC(C)(C)C)n1.CCO/N=C(\C(=O)NC1C(=O)N2C(C(=O)[O-])=C(C[n+]3cccc4c3ncn4CC3CNC3)CSC12)c1nsc(N)n1.[I-]. The number of ether oxygens (including phenoxy) is 4. The van der Waals surface area contributed by atoms with E-state index in [1.165, 1.54) is 33.3 Å². The van der Waals surface area contributed by atoms with Gasteiger partial charge in [0.15, 0.2) is 5.13 Å². The predicted molar refractivity (Wildman–Crippen MR) is 380 cm³/mol. The van der Waals surface area contributed by atoms with Crippen molar-refractivity contribution >= 4 is 138 Å². The number of methoxy groups -OCH3 is 1. The molecule has 106 heavy (non-hydrogen) atoms. The molecule has 0 aliphatic carbocycles. The van der Waals surface area contributed by atoms with Crippen LogP contribution in [-0.4, -0.2) is 204 Å². The highest BCUT2D eigenvalue weighted by Crippen LogP contribution is 2.42. The fourth-order valence-corrected chi connectivity index (χ4v) is 15.6. The number of thioether (sulfide) groups is 2. The van der Waals surface area contributed by atoms with Crippen molar-refractivity contribution in [1.29, 1.82) is 0 Å². The number of oxime groups is 2. The number of anilines is 2. The fraction of sp³-hybridized carbons (Fsp3) is 0.455. The Bertz CT molecular complexity index is 4650. The van der Waals surface area contributed by atoms with Gasteiger partial charge in [0.05, 0.1) is 31.2 Å². The number of nitrogen functional groups attached to an aromatic ring is 1. The zero-order chi connectivity index (χ0) is 74.6. The zero-order valence-electron chi connectivity index (χ0n) is 59.0. The number of carboxylic acid groups (broad SMARTS) is 1. The molecule has 40 heteroatoms. The van der Waals surface area contributed by atoms with Crippen LogP contribution in [0.3, 0.4) is 0 Å². The summed E-state index contributed by atoms with van der Waals surface area (Å²) in [4.78, 5) is 137. The Hall–Kier alpha value is -9.65. The number of amides is 6. The predicted octanol–water partition coefficient (Wildman–Crippen LogP) is -0.938. The number of nitrogens with zero attached hydrogens (tertiary/aromatic N) is 15. The number of fused-ring (bicyclic) bond motifs is 4. The molecular formula is C66H77IN20O15S4. The number of aliphatic carboxylic acids is 1. The van der Waals surface area contributed by atoms with Crippen molar-refractivity contribution in [3.05, 3.63) is 113 Å². The lowest BCUT2D eigenvalue weighted by molar-refractivity contribution is -0.665. The lowest BCUT2D eigenvalue weighted by Gasteiger charge is -2.50. The van der Waals surface area contributed by atoms with E-state index in [0.717, 1.165) is 59.4 Å². The van der Waals surface area contributed by atoms with Gasteiger partial charge >= 0.3 is 29.5 Å². The van der Waals surface area contributed by atoms with Crippen LogP contribution in [0.5, 0.6) is 5.75 Å². The number of imidazole rings is 2. The summed E-state index contributed by atoms with van der Waals surface area (Å²) in [5.74, 6) is -2.97. The molecule has 6 aromatic heterocycles. The molecular weight excluding hydrogens is 1570 g/mol. The number of carbonyl (C=O) groups excluding carboxylic acids is 8. The number of hydrogen-bond donors (Lipinski definition) is 5. The Balaban J connectivity index is 0.000000230. The third-order valence-corrected chi connectivity index (χ3v) is 20.7. The van der Waals surface area contributed by atoms with Crippen molar-refractivity contribution in [2.24, 2.45) is 22.1 Å². The van der Waals surface area contributed by atoms with Crippen LogP contribution in [0.25, 0.3) is 22.3 Å². The van der Waals surface area contributed by atoms with E-state index in [1.54, 1.807) is 83.5 Å². The zero-order valence-corrected chi connectivity index (χ0v) is 64.4. The number of carboxylic acids is 1. The molecule has 35 nitrogen and oxygen atoms in total. The van der Waals surface area contributed by atoms with Gasteiger partial charge in [-0.15, -0.1) is 23.5 Å². The average Bonchev–Trinajstić information content (AvgIpc) is 0.914. The van der Waals surface area contributed by atoms with E-state index < -0.39 is 75.7 Å². The average molecular weight is 1650 g/mol. The van der Waals surface area contributed by atoms with Gasteiger partial charge in [-0.25, -0.2) is 23.5 Å². The van der Waals surface area contributed by atoms with Gasteiger partial charge < -0.3 is 98.2 Å². The number of likely N-dealkylation sites (tertiary alicyclic amines) is 1. The van der Waals surface area contributed by atoms with Gasteiger partial charge in [-0.3, -0.25) is 34.3 Å². The molecule has 4 fully saturated rings. The molecule has 6 amide bonds. The molecule has 12 heterocycles. The van der Waals surface area contributed by atoms with Crippen molar-refractivity contribution in [2.75, 3.05) is 69.1 Å². The summed E-state index contributed by atoms with van der Waals surface area (Å²) in [5, 5.41) is 30.0. The highest BCUT2D eigenvalue weighted by atomic mass is 127. The van der Waals surface area contributed by atoms with Crippen molar-refractivity contribution in [1.82, 2.24) is 68.5 Å². The lowest BCUT2D eigenvalue weighted by Crippen LogP contribution is -3.00. The Morgan fingerprint density at radius 2 is 1.23 bits per heavy atom. The van der Waals surface area contributed by atoms with E-state index in [1.807, 2.05) is 71.1 Å². The van der Waals surface area contributed by atoms with Crippen molar-refractivity contribution in [3.63, 3.8) is 0 Å². The van der Waals surface area contributed by atoms with Crippen LogP contribution in [0.4, 0.5) is 19.9 Å². The summed E-state index contributed by atoms with van der Waals surface area (Å²) in [7, 11) is 1.56. The first-order valence-corrected chi connectivity index (χ1v) is 37.1. The second kappa shape index (κ2) is 33.0. The molecule has 0 saturated carbocycles. The topological polar surface area (TPSA) is 419 Å². The maximum atomic E-state index is 14.2. The molecule has 4 unspecified atom stereocenters. The number of rotatable bonds is 24. The number of nitrogens with one attached hydrogen (secondary N) is 4. The molecule has 4 atom stereocenters. The Labute approximate surface area is 640 Å². The number of benzene rings is 1. The van der Waals surface area contributed by atoms with E-state index in [9.17, 15) is 43.5 Å². The van der Waals surface area contributed by atoms with E-state index in [4.69, 9.17) is 39.3 Å². The van der Waals surface area contributed by atoms with Crippen LogP contribution in [0, 0.1) is 11.8 Å². The Morgan fingerprint density at radius 3 is 1.72 bits per heavy atom. The molecule has 0 radical (unpaired) electrons. The third kappa shape index (κ3) is 17.4. The summed E-state index contributed by atoms with van der Waals surface area (Å²) in [6, 6.07) is 12.8. The highest BCUT2D eigenvalue weighted by molar-refractivity contribution is 8.00. The number of esters is 1. The van der Waals surface area contributed by atoms with Crippen LogP contribution in [0.2, 0.25) is 0 Å². The smallest absolute Gasteiger partial charge is 0.414 e. The molecule has 6 N–H and O–H groups in total. The summed E-state index contributed by atoms with van der Waals surface area (Å²) in [6.45, 7) is 19.2. The first-order valence-electron chi connectivity index (χ1n) is 33.4. The lowest BCUT2D eigenvalue weighted by atomic mass is 10.0. The normalized spacial score (nSPS) is 18.9. The largest absolute Gasteiger partial charge is 1.00 e. The van der Waals surface area contributed by atoms with Gasteiger partial charge in [-0.2, -0.15) is 18.7 Å². The van der Waals surface area contributed by atoms with Gasteiger partial charge in [0.2, 0.25) is 40.9 Å². The van der Waals surface area contributed by atoms with E-state index in [-0.39, 0.29) is 114 Å². The maximum absolute atomic E-state index is 14.2. The quantitative estimate of drug-likeness (QED) is 0.00927. The van der Waals surface area contributed by atoms with Crippen LogP contribution < -0.4 is 70.0 Å². The van der Waals surface area contributed by atoms with Gasteiger partial charge in [0, 0.05) is 96.8 Å². The van der Waals surface area contributed by atoms with E-state index in [2.05, 4.69) is 59.8 Å². The maximum Gasteiger partial charge on any atom is 0.414 e. The minimum atomic E-state index is -1.46. The summed E-state index contributed by atoms with van der Waals surface area (Å²) in [5.41, 5.74) is 8.68. The summed E-state index contributed by atoms with van der Waals surface area (Å²) >= 11 is 4.42. The number of carbonyl (C=O) groups is 8. The fourth-order valence-electron chi connectivity index (χ4n) is 12.0. The van der Waals surface area contributed by atoms with Gasteiger partial charge in [-0.05, 0) is 107 Å². The van der Waals surface area contributed by atoms with E-state index in [0.29, 0.717) is 65.2 Å². The molecule has 0 bridgehead atoms. The molecule has 7 aromatic rings. The number of hydrogen-bond acceptors (Lipinski definition) is 29. The van der Waals surface area contributed by atoms with E-state index >= 15 is 0 Å². The van der Waals surface area contributed by atoms with Crippen molar-refractivity contribution in [3.8, 4) is 5.75 Å². The van der Waals surface area contributed by atoms with Gasteiger partial charge in [0.1, 0.15) is 89.4 Å². The van der Waals surface area contributed by atoms with Crippen LogP contribution >= 0.6 is 46.6 Å². The summed E-state index contributed by atoms with van der Waals surface area (Å²) in [6.07, 6.45) is 6.16. The van der Waals surface area contributed by atoms with Gasteiger partial charge in [0.25, 0.3) is 23.6 Å².